The zero-order valence-corrected chi connectivity index (χ0v) is 7.94. The molecule has 0 aromatic rings. The Hall–Kier alpha value is -0.0800. The fraction of sp³-hybridized carbons (Fsp3) is 1.00. The molecule has 1 saturated heterocycles. The predicted molar refractivity (Wildman–Crippen MR) is 49.2 cm³/mol. The van der Waals surface area contributed by atoms with Gasteiger partial charge in [0, 0.05) is 18.1 Å². The second kappa shape index (κ2) is 3.35. The lowest BCUT2D eigenvalue weighted by Crippen LogP contribution is -2.38. The third-order valence-electron chi connectivity index (χ3n) is 3.48. The summed E-state index contributed by atoms with van der Waals surface area (Å²) in [6.07, 6.45) is 6.69. The van der Waals surface area contributed by atoms with Gasteiger partial charge in [0.25, 0.3) is 0 Å². The second-order valence-electron chi connectivity index (χ2n) is 4.17. The molecular formula is C10H19NO. The van der Waals surface area contributed by atoms with E-state index in [1.54, 1.807) is 0 Å². The molecule has 70 valence electrons. The first-order valence-electron chi connectivity index (χ1n) is 5.14. The molecule has 2 rings (SSSR count). The molecule has 1 unspecified atom stereocenters. The van der Waals surface area contributed by atoms with E-state index < -0.39 is 0 Å². The Morgan fingerprint density at radius 1 is 1.33 bits per heavy atom. The Morgan fingerprint density at radius 3 is 2.83 bits per heavy atom. The van der Waals surface area contributed by atoms with Gasteiger partial charge in [-0.3, -0.25) is 0 Å². The maximum atomic E-state index is 5.60. The lowest BCUT2D eigenvalue weighted by Gasteiger charge is -2.24. The molecule has 1 heterocycles. The smallest absolute Gasteiger partial charge is 0.0511 e. The van der Waals surface area contributed by atoms with Gasteiger partial charge in [-0.1, -0.05) is 6.42 Å². The summed E-state index contributed by atoms with van der Waals surface area (Å²) in [6, 6.07) is 0. The third kappa shape index (κ3) is 1.50. The molecule has 0 bridgehead atoms. The topological polar surface area (TPSA) is 21.3 Å². The lowest BCUT2D eigenvalue weighted by molar-refractivity contribution is 0.0978. The summed E-state index contributed by atoms with van der Waals surface area (Å²) >= 11 is 0. The first kappa shape index (κ1) is 8.52. The standard InChI is InChI=1S/C10H19NO/c1-11-10(5-6-10)9-4-2-3-7-12-8-9/h9,11H,2-8H2,1H3. The number of hydrogen-bond donors (Lipinski definition) is 1. The maximum absolute atomic E-state index is 5.60. The molecule has 1 aliphatic heterocycles. The Labute approximate surface area is 74.7 Å². The van der Waals surface area contributed by atoms with Gasteiger partial charge in [0.2, 0.25) is 0 Å². The molecule has 2 aliphatic rings. The van der Waals surface area contributed by atoms with E-state index in [2.05, 4.69) is 12.4 Å². The average molecular weight is 169 g/mol. The van der Waals surface area contributed by atoms with Crippen LogP contribution in [0.5, 0.6) is 0 Å². The van der Waals surface area contributed by atoms with Crippen molar-refractivity contribution in [3.05, 3.63) is 0 Å². The number of ether oxygens (including phenoxy) is 1. The minimum atomic E-state index is 0.477. The first-order valence-corrected chi connectivity index (χ1v) is 5.14. The van der Waals surface area contributed by atoms with Gasteiger partial charge in [0.05, 0.1) is 6.61 Å². The molecule has 12 heavy (non-hydrogen) atoms. The Bertz CT molecular complexity index is 146. The van der Waals surface area contributed by atoms with Crippen LogP contribution in [0, 0.1) is 5.92 Å². The van der Waals surface area contributed by atoms with Crippen LogP contribution in [-0.2, 0) is 4.74 Å². The van der Waals surface area contributed by atoms with E-state index in [0.717, 1.165) is 19.1 Å². The molecule has 2 nitrogen and oxygen atoms in total. The maximum Gasteiger partial charge on any atom is 0.0511 e. The first-order chi connectivity index (χ1) is 5.87. The van der Waals surface area contributed by atoms with Crippen LogP contribution in [0.25, 0.3) is 0 Å². The molecule has 1 saturated carbocycles. The zero-order chi connectivity index (χ0) is 8.44. The number of hydrogen-bond acceptors (Lipinski definition) is 2. The van der Waals surface area contributed by atoms with E-state index in [9.17, 15) is 0 Å². The Morgan fingerprint density at radius 2 is 2.17 bits per heavy atom. The van der Waals surface area contributed by atoms with Crippen LogP contribution in [0.4, 0.5) is 0 Å². The van der Waals surface area contributed by atoms with Crippen molar-refractivity contribution in [1.82, 2.24) is 5.32 Å². The molecule has 0 radical (unpaired) electrons. The van der Waals surface area contributed by atoms with Gasteiger partial charge in [-0.25, -0.2) is 0 Å². The highest BCUT2D eigenvalue weighted by Gasteiger charge is 2.47. The van der Waals surface area contributed by atoms with E-state index in [1.807, 2.05) is 0 Å². The van der Waals surface area contributed by atoms with Gasteiger partial charge in [0.1, 0.15) is 0 Å². The highest BCUT2D eigenvalue weighted by atomic mass is 16.5. The number of rotatable bonds is 2. The highest BCUT2D eigenvalue weighted by molar-refractivity contribution is 5.05. The van der Waals surface area contributed by atoms with Crippen molar-refractivity contribution in [3.8, 4) is 0 Å². The summed E-state index contributed by atoms with van der Waals surface area (Å²) in [5.74, 6) is 0.782. The quantitative estimate of drug-likeness (QED) is 0.677. The van der Waals surface area contributed by atoms with Crippen molar-refractivity contribution < 1.29 is 4.74 Å². The molecule has 0 aromatic heterocycles. The fourth-order valence-corrected chi connectivity index (χ4v) is 2.34. The van der Waals surface area contributed by atoms with Crippen LogP contribution in [-0.4, -0.2) is 25.8 Å². The molecule has 0 amide bonds. The van der Waals surface area contributed by atoms with Gasteiger partial charge in [-0.05, 0) is 32.7 Å². The normalized spacial score (nSPS) is 34.2. The van der Waals surface area contributed by atoms with Crippen LogP contribution in [0.2, 0.25) is 0 Å². The van der Waals surface area contributed by atoms with E-state index in [0.29, 0.717) is 5.54 Å². The summed E-state index contributed by atoms with van der Waals surface area (Å²) in [4.78, 5) is 0. The zero-order valence-electron chi connectivity index (χ0n) is 7.94. The second-order valence-corrected chi connectivity index (χ2v) is 4.17. The van der Waals surface area contributed by atoms with Crippen LogP contribution >= 0.6 is 0 Å². The minimum Gasteiger partial charge on any atom is -0.381 e. The largest absolute Gasteiger partial charge is 0.381 e. The van der Waals surface area contributed by atoms with Crippen molar-refractivity contribution in [2.24, 2.45) is 5.92 Å². The summed E-state index contributed by atoms with van der Waals surface area (Å²) in [5, 5.41) is 3.47. The van der Waals surface area contributed by atoms with Crippen LogP contribution in [0.3, 0.4) is 0 Å². The van der Waals surface area contributed by atoms with Crippen molar-refractivity contribution >= 4 is 0 Å². The highest BCUT2D eigenvalue weighted by Crippen LogP contribution is 2.44. The molecule has 2 heteroatoms. The van der Waals surface area contributed by atoms with Crippen molar-refractivity contribution in [1.29, 1.82) is 0 Å². The Kier molecular flexibility index (Phi) is 2.37. The van der Waals surface area contributed by atoms with Gasteiger partial charge < -0.3 is 10.1 Å². The molecule has 0 aromatic carbocycles. The van der Waals surface area contributed by atoms with Crippen molar-refractivity contribution in [2.45, 2.75) is 37.6 Å². The summed E-state index contributed by atoms with van der Waals surface area (Å²) in [7, 11) is 2.10. The van der Waals surface area contributed by atoms with E-state index in [-0.39, 0.29) is 0 Å². The van der Waals surface area contributed by atoms with E-state index in [4.69, 9.17) is 4.74 Å². The van der Waals surface area contributed by atoms with Crippen LogP contribution in [0.1, 0.15) is 32.1 Å². The molecule has 2 fully saturated rings. The summed E-state index contributed by atoms with van der Waals surface area (Å²) in [5.41, 5.74) is 0.477. The Balaban J connectivity index is 1.92. The van der Waals surface area contributed by atoms with E-state index in [1.165, 1.54) is 32.1 Å². The molecule has 1 aliphatic carbocycles. The van der Waals surface area contributed by atoms with Gasteiger partial charge in [0.15, 0.2) is 0 Å². The molecular weight excluding hydrogens is 150 g/mol. The van der Waals surface area contributed by atoms with Crippen LogP contribution < -0.4 is 5.32 Å². The fourth-order valence-electron chi connectivity index (χ4n) is 2.34. The predicted octanol–water partition coefficient (Wildman–Crippen LogP) is 1.56. The number of nitrogens with one attached hydrogen (secondary N) is 1. The van der Waals surface area contributed by atoms with Crippen molar-refractivity contribution in [3.63, 3.8) is 0 Å². The monoisotopic (exact) mass is 169 g/mol. The molecule has 1 N–H and O–H groups in total. The van der Waals surface area contributed by atoms with Gasteiger partial charge in [-0.2, -0.15) is 0 Å². The summed E-state index contributed by atoms with van der Waals surface area (Å²) in [6.45, 7) is 1.97. The van der Waals surface area contributed by atoms with Crippen LogP contribution in [0.15, 0.2) is 0 Å². The lowest BCUT2D eigenvalue weighted by atomic mass is 9.93. The van der Waals surface area contributed by atoms with Gasteiger partial charge >= 0.3 is 0 Å². The SMILES string of the molecule is CNC1(C2CCCCOC2)CC1. The van der Waals surface area contributed by atoms with Gasteiger partial charge in [-0.15, -0.1) is 0 Å². The molecule has 1 atom stereocenters. The van der Waals surface area contributed by atoms with E-state index >= 15 is 0 Å². The summed E-state index contributed by atoms with van der Waals surface area (Å²) < 4.78 is 5.60. The minimum absolute atomic E-state index is 0.477. The molecule has 0 spiro atoms. The van der Waals surface area contributed by atoms with Crippen molar-refractivity contribution in [2.75, 3.05) is 20.3 Å². The average Bonchev–Trinajstić information content (AvgIpc) is 2.90. The third-order valence-corrected chi connectivity index (χ3v) is 3.48.